The molecule has 1 aromatic heterocycles. The van der Waals surface area contributed by atoms with Gasteiger partial charge in [-0.25, -0.2) is 9.97 Å². The summed E-state index contributed by atoms with van der Waals surface area (Å²) in [4.78, 5) is 13.3. The Labute approximate surface area is 126 Å². The minimum Gasteiger partial charge on any atom is -0.481 e. The molecule has 2 aliphatic rings. The van der Waals surface area contributed by atoms with Gasteiger partial charge in [0, 0.05) is 45.3 Å². The van der Waals surface area contributed by atoms with Gasteiger partial charge >= 0.3 is 0 Å². The number of anilines is 1. The maximum absolute atomic E-state index is 5.17. The highest BCUT2D eigenvalue weighted by atomic mass is 16.5. The van der Waals surface area contributed by atoms with Gasteiger partial charge in [0.25, 0.3) is 0 Å². The fraction of sp³-hybridized carbons (Fsp3) is 0.733. The molecule has 3 heterocycles. The minimum atomic E-state index is 0.445. The Balaban J connectivity index is 1.54. The van der Waals surface area contributed by atoms with Gasteiger partial charge in [-0.1, -0.05) is 6.92 Å². The first-order valence-electron chi connectivity index (χ1n) is 7.73. The largest absolute Gasteiger partial charge is 0.481 e. The Bertz CT molecular complexity index is 467. The Morgan fingerprint density at radius 3 is 2.76 bits per heavy atom. The highest BCUT2D eigenvalue weighted by Crippen LogP contribution is 2.26. The SMILES string of the molecule is COc1cc(N2CCN(CC3(C)CCNC3)CC2)ncn1. The third-order valence-corrected chi connectivity index (χ3v) is 4.60. The number of nitrogens with one attached hydrogen (secondary N) is 1. The molecule has 6 nitrogen and oxygen atoms in total. The second-order valence-electron chi connectivity index (χ2n) is 6.42. The van der Waals surface area contributed by atoms with Gasteiger partial charge in [-0.05, 0) is 18.4 Å². The summed E-state index contributed by atoms with van der Waals surface area (Å²) in [6.07, 6.45) is 2.86. The molecule has 21 heavy (non-hydrogen) atoms. The molecule has 6 heteroatoms. The fourth-order valence-electron chi connectivity index (χ4n) is 3.29. The molecular weight excluding hydrogens is 266 g/mol. The lowest BCUT2D eigenvalue weighted by Crippen LogP contribution is -2.50. The number of nitrogens with zero attached hydrogens (tertiary/aromatic N) is 4. The second-order valence-corrected chi connectivity index (χ2v) is 6.42. The van der Waals surface area contributed by atoms with Gasteiger partial charge in [0.2, 0.25) is 5.88 Å². The summed E-state index contributed by atoms with van der Waals surface area (Å²) < 4.78 is 5.17. The molecule has 2 aliphatic heterocycles. The van der Waals surface area contributed by atoms with E-state index in [0.717, 1.165) is 45.1 Å². The van der Waals surface area contributed by atoms with Gasteiger partial charge in [-0.15, -0.1) is 0 Å². The molecule has 0 aromatic carbocycles. The van der Waals surface area contributed by atoms with Crippen molar-refractivity contribution in [3.8, 4) is 5.88 Å². The van der Waals surface area contributed by atoms with Gasteiger partial charge in [0.1, 0.15) is 12.1 Å². The van der Waals surface area contributed by atoms with Crippen molar-refractivity contribution in [2.45, 2.75) is 13.3 Å². The third kappa shape index (κ3) is 3.44. The predicted octanol–water partition coefficient (Wildman–Crippen LogP) is 0.607. The van der Waals surface area contributed by atoms with Crippen LogP contribution in [-0.2, 0) is 0 Å². The zero-order valence-electron chi connectivity index (χ0n) is 13.0. The Morgan fingerprint density at radius 2 is 2.10 bits per heavy atom. The summed E-state index contributed by atoms with van der Waals surface area (Å²) in [6.45, 7) is 10.1. The van der Waals surface area contributed by atoms with Crippen LogP contribution in [0, 0.1) is 5.41 Å². The van der Waals surface area contributed by atoms with Crippen LogP contribution in [-0.4, -0.2) is 67.8 Å². The highest BCUT2D eigenvalue weighted by Gasteiger charge is 2.31. The van der Waals surface area contributed by atoms with Crippen molar-refractivity contribution in [2.24, 2.45) is 5.41 Å². The van der Waals surface area contributed by atoms with Crippen LogP contribution in [0.2, 0.25) is 0 Å². The quantitative estimate of drug-likeness (QED) is 0.877. The molecular formula is C15H25N5O. The Kier molecular flexibility index (Phi) is 4.26. The maximum Gasteiger partial charge on any atom is 0.218 e. The zero-order chi connectivity index (χ0) is 14.7. The average molecular weight is 291 g/mol. The molecule has 0 aliphatic carbocycles. The first-order valence-corrected chi connectivity index (χ1v) is 7.73. The number of hydrogen-bond acceptors (Lipinski definition) is 6. The number of methoxy groups -OCH3 is 1. The molecule has 3 rings (SSSR count). The van der Waals surface area contributed by atoms with Crippen LogP contribution < -0.4 is 15.0 Å². The van der Waals surface area contributed by atoms with Crippen molar-refractivity contribution in [3.05, 3.63) is 12.4 Å². The van der Waals surface area contributed by atoms with E-state index in [4.69, 9.17) is 4.74 Å². The van der Waals surface area contributed by atoms with Crippen molar-refractivity contribution in [1.82, 2.24) is 20.2 Å². The summed E-state index contributed by atoms with van der Waals surface area (Å²) in [7, 11) is 1.64. The maximum atomic E-state index is 5.17. The minimum absolute atomic E-state index is 0.445. The molecule has 0 saturated carbocycles. The molecule has 0 radical (unpaired) electrons. The second kappa shape index (κ2) is 6.15. The van der Waals surface area contributed by atoms with Crippen molar-refractivity contribution < 1.29 is 4.74 Å². The summed E-state index contributed by atoms with van der Waals surface area (Å²) in [6, 6.07) is 1.91. The molecule has 0 spiro atoms. The van der Waals surface area contributed by atoms with E-state index < -0.39 is 0 Å². The highest BCUT2D eigenvalue weighted by molar-refractivity contribution is 5.41. The van der Waals surface area contributed by atoms with Gasteiger partial charge in [0.05, 0.1) is 7.11 Å². The molecule has 1 atom stereocenters. The van der Waals surface area contributed by atoms with E-state index in [1.807, 2.05) is 6.07 Å². The molecule has 116 valence electrons. The molecule has 1 N–H and O–H groups in total. The lowest BCUT2D eigenvalue weighted by atomic mass is 9.89. The average Bonchev–Trinajstić information content (AvgIpc) is 2.94. The normalized spacial score (nSPS) is 27.0. The monoisotopic (exact) mass is 291 g/mol. The molecule has 1 unspecified atom stereocenters. The molecule has 2 saturated heterocycles. The van der Waals surface area contributed by atoms with E-state index in [-0.39, 0.29) is 0 Å². The number of ether oxygens (including phenoxy) is 1. The van der Waals surface area contributed by atoms with E-state index in [0.29, 0.717) is 11.3 Å². The van der Waals surface area contributed by atoms with Crippen LogP contribution in [0.4, 0.5) is 5.82 Å². The van der Waals surface area contributed by atoms with Crippen molar-refractivity contribution in [3.63, 3.8) is 0 Å². The fourth-order valence-corrected chi connectivity index (χ4v) is 3.29. The van der Waals surface area contributed by atoms with Crippen molar-refractivity contribution in [2.75, 3.05) is 57.8 Å². The standard InChI is InChI=1S/C15H25N5O/c1-15(3-4-16-10-15)11-19-5-7-20(8-6-19)13-9-14(21-2)18-12-17-13/h9,12,16H,3-8,10-11H2,1-2H3. The van der Waals surface area contributed by atoms with Crippen LogP contribution in [0.3, 0.4) is 0 Å². The summed E-state index contributed by atoms with van der Waals surface area (Å²) in [5, 5.41) is 3.48. The molecule has 0 amide bonds. The zero-order valence-corrected chi connectivity index (χ0v) is 13.0. The topological polar surface area (TPSA) is 53.5 Å². The van der Waals surface area contributed by atoms with Crippen LogP contribution >= 0.6 is 0 Å². The van der Waals surface area contributed by atoms with E-state index in [1.165, 1.54) is 13.0 Å². The first-order chi connectivity index (χ1) is 10.2. The van der Waals surface area contributed by atoms with Gasteiger partial charge in [-0.2, -0.15) is 0 Å². The summed E-state index contributed by atoms with van der Waals surface area (Å²) in [5.74, 6) is 1.60. The van der Waals surface area contributed by atoms with Crippen LogP contribution in [0.25, 0.3) is 0 Å². The third-order valence-electron chi connectivity index (χ3n) is 4.60. The van der Waals surface area contributed by atoms with Crippen LogP contribution in [0.15, 0.2) is 12.4 Å². The van der Waals surface area contributed by atoms with Gasteiger partial charge in [-0.3, -0.25) is 4.90 Å². The van der Waals surface area contributed by atoms with Gasteiger partial charge in [0.15, 0.2) is 0 Å². The first kappa shape index (κ1) is 14.5. The lowest BCUT2D eigenvalue weighted by molar-refractivity contribution is 0.169. The molecule has 0 bridgehead atoms. The Morgan fingerprint density at radius 1 is 1.29 bits per heavy atom. The van der Waals surface area contributed by atoms with Gasteiger partial charge < -0.3 is 15.0 Å². The van der Waals surface area contributed by atoms with E-state index in [2.05, 4.69) is 32.0 Å². The Hall–Kier alpha value is -1.40. The van der Waals surface area contributed by atoms with Crippen molar-refractivity contribution >= 4 is 5.82 Å². The van der Waals surface area contributed by atoms with Crippen LogP contribution in [0.5, 0.6) is 5.88 Å². The lowest BCUT2D eigenvalue weighted by Gasteiger charge is -2.39. The van der Waals surface area contributed by atoms with Crippen molar-refractivity contribution in [1.29, 1.82) is 0 Å². The molecule has 1 aromatic rings. The number of hydrogen-bond donors (Lipinski definition) is 1. The predicted molar refractivity (Wildman–Crippen MR) is 82.8 cm³/mol. The van der Waals surface area contributed by atoms with E-state index in [9.17, 15) is 0 Å². The smallest absolute Gasteiger partial charge is 0.218 e. The number of piperazine rings is 1. The summed E-state index contributed by atoms with van der Waals surface area (Å²) >= 11 is 0. The van der Waals surface area contributed by atoms with E-state index in [1.54, 1.807) is 13.4 Å². The number of rotatable bonds is 4. The van der Waals surface area contributed by atoms with E-state index >= 15 is 0 Å². The number of aromatic nitrogens is 2. The van der Waals surface area contributed by atoms with Crippen LogP contribution in [0.1, 0.15) is 13.3 Å². The molecule has 2 fully saturated rings. The summed E-state index contributed by atoms with van der Waals surface area (Å²) in [5.41, 5.74) is 0.445.